The molecule has 1 amide bonds. The minimum absolute atomic E-state index is 0.0112. The predicted octanol–water partition coefficient (Wildman–Crippen LogP) is 2.99. The summed E-state index contributed by atoms with van der Waals surface area (Å²) in [5.41, 5.74) is 1.44. The number of aromatic nitrogens is 2. The van der Waals surface area contributed by atoms with Gasteiger partial charge >= 0.3 is 0 Å². The van der Waals surface area contributed by atoms with E-state index in [0.29, 0.717) is 19.7 Å². The number of rotatable bonds is 4. The molecule has 0 N–H and O–H groups in total. The fourth-order valence-electron chi connectivity index (χ4n) is 3.99. The predicted molar refractivity (Wildman–Crippen MR) is 109 cm³/mol. The van der Waals surface area contributed by atoms with Crippen LogP contribution in [0, 0.1) is 0 Å². The molecule has 2 aliphatic rings. The van der Waals surface area contributed by atoms with Crippen LogP contribution < -0.4 is 4.90 Å². The van der Waals surface area contributed by atoms with Crippen LogP contribution in [0.4, 0.5) is 5.82 Å². The summed E-state index contributed by atoms with van der Waals surface area (Å²) in [4.78, 5) is 28.5. The van der Waals surface area contributed by atoms with Crippen molar-refractivity contribution in [3.8, 4) is 0 Å². The Balaban J connectivity index is 1.68. The second kappa shape index (κ2) is 7.89. The van der Waals surface area contributed by atoms with Crippen LogP contribution in [0.5, 0.6) is 0 Å². The van der Waals surface area contributed by atoms with Gasteiger partial charge in [0.15, 0.2) is 5.82 Å². The molecule has 4 rings (SSSR count). The molecule has 1 unspecified atom stereocenters. The SMILES string of the molecule is COCc1nc(N2CCN(C(=O)C(C)Cl)CC2)c2c3c(sc2n1)CCCC3. The minimum Gasteiger partial charge on any atom is -0.377 e. The van der Waals surface area contributed by atoms with E-state index in [9.17, 15) is 4.79 Å². The lowest BCUT2D eigenvalue weighted by molar-refractivity contribution is -0.130. The van der Waals surface area contributed by atoms with Gasteiger partial charge in [-0.25, -0.2) is 9.97 Å². The van der Waals surface area contributed by atoms with E-state index in [4.69, 9.17) is 26.3 Å². The molecule has 0 spiro atoms. The maximum atomic E-state index is 12.2. The summed E-state index contributed by atoms with van der Waals surface area (Å²) in [5, 5.41) is 0.750. The summed E-state index contributed by atoms with van der Waals surface area (Å²) in [6, 6.07) is 0. The number of carbonyl (C=O) groups excluding carboxylic acids is 1. The van der Waals surface area contributed by atoms with Crippen LogP contribution >= 0.6 is 22.9 Å². The van der Waals surface area contributed by atoms with Gasteiger partial charge < -0.3 is 14.5 Å². The number of fused-ring (bicyclic) bond motifs is 3. The highest BCUT2D eigenvalue weighted by Crippen LogP contribution is 2.40. The van der Waals surface area contributed by atoms with Gasteiger partial charge in [0.05, 0.1) is 5.39 Å². The maximum Gasteiger partial charge on any atom is 0.240 e. The van der Waals surface area contributed by atoms with Gasteiger partial charge in [0.2, 0.25) is 5.91 Å². The number of thiophene rings is 1. The molecular weight excluding hydrogens is 384 g/mol. The maximum absolute atomic E-state index is 12.2. The van der Waals surface area contributed by atoms with Crippen LogP contribution in [0.15, 0.2) is 0 Å². The zero-order valence-electron chi connectivity index (χ0n) is 15.8. The zero-order valence-corrected chi connectivity index (χ0v) is 17.4. The molecule has 1 aliphatic heterocycles. The summed E-state index contributed by atoms with van der Waals surface area (Å²) in [7, 11) is 1.67. The van der Waals surface area contributed by atoms with Gasteiger partial charge in [-0.3, -0.25) is 4.79 Å². The van der Waals surface area contributed by atoms with Crippen LogP contribution in [0.25, 0.3) is 10.2 Å². The molecule has 0 radical (unpaired) electrons. The van der Waals surface area contributed by atoms with E-state index in [2.05, 4.69) is 4.90 Å². The number of anilines is 1. The number of alkyl halides is 1. The van der Waals surface area contributed by atoms with Crippen molar-refractivity contribution in [3.63, 3.8) is 0 Å². The number of hydrogen-bond acceptors (Lipinski definition) is 6. The molecule has 146 valence electrons. The van der Waals surface area contributed by atoms with Gasteiger partial charge in [-0.2, -0.15) is 0 Å². The number of hydrogen-bond donors (Lipinski definition) is 0. The molecule has 27 heavy (non-hydrogen) atoms. The third kappa shape index (κ3) is 3.65. The summed E-state index contributed by atoms with van der Waals surface area (Å²) < 4.78 is 5.29. The molecule has 8 heteroatoms. The van der Waals surface area contributed by atoms with Gasteiger partial charge in [-0.1, -0.05) is 0 Å². The third-order valence-electron chi connectivity index (χ3n) is 5.35. The Bertz CT molecular complexity index is 846. The van der Waals surface area contributed by atoms with E-state index in [1.165, 1.54) is 28.7 Å². The first-order chi connectivity index (χ1) is 13.1. The van der Waals surface area contributed by atoms with Crippen LogP contribution in [0.2, 0.25) is 0 Å². The molecule has 1 atom stereocenters. The van der Waals surface area contributed by atoms with Crippen molar-refractivity contribution >= 4 is 44.9 Å². The second-order valence-corrected chi connectivity index (χ2v) is 8.95. The van der Waals surface area contributed by atoms with E-state index >= 15 is 0 Å². The Kier molecular flexibility index (Phi) is 5.53. The number of carbonyl (C=O) groups is 1. The van der Waals surface area contributed by atoms with Crippen molar-refractivity contribution in [2.24, 2.45) is 0 Å². The van der Waals surface area contributed by atoms with Gasteiger partial charge in [-0.05, 0) is 38.2 Å². The average Bonchev–Trinajstić information content (AvgIpc) is 3.05. The first-order valence-electron chi connectivity index (χ1n) is 9.56. The highest BCUT2D eigenvalue weighted by Gasteiger charge is 2.28. The van der Waals surface area contributed by atoms with Crippen LogP contribution in [0.3, 0.4) is 0 Å². The number of halogens is 1. The van der Waals surface area contributed by atoms with Crippen LogP contribution in [0.1, 0.15) is 36.0 Å². The third-order valence-corrected chi connectivity index (χ3v) is 6.72. The first kappa shape index (κ1) is 18.9. The topological polar surface area (TPSA) is 58.6 Å². The minimum atomic E-state index is -0.473. The van der Waals surface area contributed by atoms with Crippen LogP contribution in [-0.2, 0) is 29.0 Å². The molecule has 1 fully saturated rings. The van der Waals surface area contributed by atoms with Gasteiger partial charge in [-0.15, -0.1) is 22.9 Å². The molecule has 3 heterocycles. The standard InChI is InChI=1S/C19H25ClN4O2S/c1-12(20)19(25)24-9-7-23(8-10-24)17-16-13-5-3-4-6-14(13)27-18(16)22-15(21-17)11-26-2/h12H,3-11H2,1-2H3. The molecular formula is C19H25ClN4O2S. The molecule has 0 saturated carbocycles. The fraction of sp³-hybridized carbons (Fsp3) is 0.632. The highest BCUT2D eigenvalue weighted by atomic mass is 35.5. The quantitative estimate of drug-likeness (QED) is 0.728. The van der Waals surface area contributed by atoms with Crippen LogP contribution in [-0.4, -0.2) is 59.4 Å². The average molecular weight is 409 g/mol. The van der Waals surface area contributed by atoms with Crippen molar-refractivity contribution in [3.05, 3.63) is 16.3 Å². The Morgan fingerprint density at radius 1 is 1.22 bits per heavy atom. The lowest BCUT2D eigenvalue weighted by Gasteiger charge is -2.36. The van der Waals surface area contributed by atoms with Crippen molar-refractivity contribution < 1.29 is 9.53 Å². The monoisotopic (exact) mass is 408 g/mol. The number of aryl methyl sites for hydroxylation is 2. The first-order valence-corrected chi connectivity index (χ1v) is 10.8. The summed E-state index contributed by atoms with van der Waals surface area (Å²) in [6.07, 6.45) is 4.74. The fourth-order valence-corrected chi connectivity index (χ4v) is 5.41. The van der Waals surface area contributed by atoms with Crippen molar-refractivity contribution in [1.82, 2.24) is 14.9 Å². The molecule has 1 saturated heterocycles. The van der Waals surface area contributed by atoms with E-state index in [1.54, 1.807) is 14.0 Å². The van der Waals surface area contributed by atoms with Crippen molar-refractivity contribution in [1.29, 1.82) is 0 Å². The summed E-state index contributed by atoms with van der Waals surface area (Å²) in [5.74, 6) is 1.75. The normalized spacial score (nSPS) is 18.6. The molecule has 1 aliphatic carbocycles. The Hall–Kier alpha value is -1.44. The number of amides is 1. The zero-order chi connectivity index (χ0) is 19.0. The van der Waals surface area contributed by atoms with E-state index in [0.717, 1.165) is 42.4 Å². The number of nitrogens with zero attached hydrogens (tertiary/aromatic N) is 4. The van der Waals surface area contributed by atoms with E-state index in [1.807, 2.05) is 16.2 Å². The lowest BCUT2D eigenvalue weighted by atomic mass is 9.97. The van der Waals surface area contributed by atoms with Crippen molar-refractivity contribution in [2.45, 2.75) is 44.6 Å². The molecule has 6 nitrogen and oxygen atoms in total. The lowest BCUT2D eigenvalue weighted by Crippen LogP contribution is -2.50. The summed E-state index contributed by atoms with van der Waals surface area (Å²) in [6.45, 7) is 5.02. The molecule has 2 aromatic heterocycles. The molecule has 0 aromatic carbocycles. The number of methoxy groups -OCH3 is 1. The smallest absolute Gasteiger partial charge is 0.240 e. The Morgan fingerprint density at radius 2 is 1.96 bits per heavy atom. The molecule has 2 aromatic rings. The molecule has 0 bridgehead atoms. The van der Waals surface area contributed by atoms with Gasteiger partial charge in [0.25, 0.3) is 0 Å². The highest BCUT2D eigenvalue weighted by molar-refractivity contribution is 7.19. The number of ether oxygens (including phenoxy) is 1. The second-order valence-electron chi connectivity index (χ2n) is 7.22. The largest absolute Gasteiger partial charge is 0.377 e. The van der Waals surface area contributed by atoms with E-state index in [-0.39, 0.29) is 5.91 Å². The van der Waals surface area contributed by atoms with Gasteiger partial charge in [0, 0.05) is 38.2 Å². The number of piperazine rings is 1. The van der Waals surface area contributed by atoms with E-state index < -0.39 is 5.38 Å². The van der Waals surface area contributed by atoms with Crippen molar-refractivity contribution in [2.75, 3.05) is 38.2 Å². The summed E-state index contributed by atoms with van der Waals surface area (Å²) >= 11 is 7.79. The van der Waals surface area contributed by atoms with Gasteiger partial charge in [0.1, 0.15) is 22.6 Å². The Labute approximate surface area is 168 Å². The Morgan fingerprint density at radius 3 is 2.67 bits per heavy atom.